The fourth-order valence-corrected chi connectivity index (χ4v) is 1.11. The van der Waals surface area contributed by atoms with Crippen LogP contribution in [0.3, 0.4) is 0 Å². The molecular weight excluding hydrogens is 162 g/mol. The van der Waals surface area contributed by atoms with Crippen LogP contribution in [-0.2, 0) is 4.79 Å². The molecule has 2 N–H and O–H groups in total. The summed E-state index contributed by atoms with van der Waals surface area (Å²) < 4.78 is 0. The van der Waals surface area contributed by atoms with Crippen molar-refractivity contribution >= 4 is 11.5 Å². The number of primary amides is 1. The minimum Gasteiger partial charge on any atom is -0.366 e. The van der Waals surface area contributed by atoms with Crippen LogP contribution < -0.4 is 5.73 Å². The minimum absolute atomic E-state index is 0.405. The average molecular weight is 175 g/mol. The van der Waals surface area contributed by atoms with Crippen molar-refractivity contribution in [1.29, 1.82) is 0 Å². The molecular formula is C11H13NO. The van der Waals surface area contributed by atoms with Gasteiger partial charge < -0.3 is 5.73 Å². The van der Waals surface area contributed by atoms with E-state index in [0.29, 0.717) is 0 Å². The molecule has 0 heterocycles. The first-order valence-electron chi connectivity index (χ1n) is 4.14. The molecule has 13 heavy (non-hydrogen) atoms. The van der Waals surface area contributed by atoms with Crippen molar-refractivity contribution in [1.82, 2.24) is 0 Å². The zero-order valence-corrected chi connectivity index (χ0v) is 7.87. The highest BCUT2D eigenvalue weighted by Gasteiger charge is 1.96. The molecule has 1 aromatic rings. The van der Waals surface area contributed by atoms with E-state index < -0.39 is 5.91 Å². The smallest absolute Gasteiger partial charge is 0.241 e. The largest absolute Gasteiger partial charge is 0.366 e. The van der Waals surface area contributed by atoms with Crippen LogP contribution in [0.15, 0.2) is 30.3 Å². The average Bonchev–Trinajstić information content (AvgIpc) is 2.04. The maximum absolute atomic E-state index is 10.6. The van der Waals surface area contributed by atoms with Gasteiger partial charge in [0, 0.05) is 6.08 Å². The van der Waals surface area contributed by atoms with Gasteiger partial charge in [-0.25, -0.2) is 0 Å². The van der Waals surface area contributed by atoms with Gasteiger partial charge in [-0.2, -0.15) is 0 Å². The molecule has 0 atom stereocenters. The van der Waals surface area contributed by atoms with Gasteiger partial charge in [0.15, 0.2) is 0 Å². The minimum atomic E-state index is -0.405. The lowest BCUT2D eigenvalue weighted by Crippen LogP contribution is -2.06. The van der Waals surface area contributed by atoms with Crippen LogP contribution in [0.25, 0.3) is 5.57 Å². The predicted octanol–water partition coefficient (Wildman–Crippen LogP) is 1.88. The van der Waals surface area contributed by atoms with Crippen LogP contribution >= 0.6 is 0 Å². The highest BCUT2D eigenvalue weighted by Crippen LogP contribution is 2.13. The Morgan fingerprint density at radius 2 is 1.85 bits per heavy atom. The third-order valence-electron chi connectivity index (χ3n) is 1.87. The van der Waals surface area contributed by atoms with E-state index in [1.54, 1.807) is 0 Å². The maximum Gasteiger partial charge on any atom is 0.241 e. The number of carbonyl (C=O) groups is 1. The number of carbonyl (C=O) groups excluding carboxylic acids is 1. The van der Waals surface area contributed by atoms with Crippen LogP contribution in [0.5, 0.6) is 0 Å². The monoisotopic (exact) mass is 175 g/mol. The first-order valence-corrected chi connectivity index (χ1v) is 4.14. The molecule has 1 aromatic carbocycles. The second kappa shape index (κ2) is 3.90. The Kier molecular flexibility index (Phi) is 2.85. The fraction of sp³-hybridized carbons (Fsp3) is 0.182. The normalized spacial score (nSPS) is 11.4. The Balaban J connectivity index is 2.96. The van der Waals surface area contributed by atoms with Crippen molar-refractivity contribution in [2.24, 2.45) is 5.73 Å². The molecule has 0 radical (unpaired) electrons. The highest BCUT2D eigenvalue weighted by atomic mass is 16.1. The van der Waals surface area contributed by atoms with E-state index >= 15 is 0 Å². The van der Waals surface area contributed by atoms with Crippen molar-refractivity contribution in [3.63, 3.8) is 0 Å². The topological polar surface area (TPSA) is 43.1 Å². The lowest BCUT2D eigenvalue weighted by atomic mass is 10.1. The van der Waals surface area contributed by atoms with Gasteiger partial charge in [0.25, 0.3) is 0 Å². The summed E-state index contributed by atoms with van der Waals surface area (Å²) in [5.74, 6) is -0.405. The molecule has 2 heteroatoms. The summed E-state index contributed by atoms with van der Waals surface area (Å²) in [7, 11) is 0. The molecule has 2 nitrogen and oxygen atoms in total. The van der Waals surface area contributed by atoms with Gasteiger partial charge in [0.05, 0.1) is 0 Å². The second-order valence-corrected chi connectivity index (χ2v) is 3.10. The van der Waals surface area contributed by atoms with E-state index in [4.69, 9.17) is 5.73 Å². The molecule has 0 fully saturated rings. The van der Waals surface area contributed by atoms with Crippen LogP contribution in [0, 0.1) is 6.92 Å². The first-order chi connectivity index (χ1) is 6.09. The zero-order chi connectivity index (χ0) is 9.84. The van der Waals surface area contributed by atoms with E-state index in [0.717, 1.165) is 11.1 Å². The number of amides is 1. The summed E-state index contributed by atoms with van der Waals surface area (Å²) in [6.07, 6.45) is 1.44. The van der Waals surface area contributed by atoms with Gasteiger partial charge in [0.2, 0.25) is 5.91 Å². The summed E-state index contributed by atoms with van der Waals surface area (Å²) >= 11 is 0. The van der Waals surface area contributed by atoms with Crippen LogP contribution in [0.1, 0.15) is 18.1 Å². The van der Waals surface area contributed by atoms with E-state index in [1.807, 2.05) is 38.1 Å². The molecule has 0 saturated carbocycles. The predicted molar refractivity (Wildman–Crippen MR) is 54.0 cm³/mol. The van der Waals surface area contributed by atoms with Crippen molar-refractivity contribution in [3.8, 4) is 0 Å². The molecule has 0 saturated heterocycles. The third kappa shape index (κ3) is 2.75. The number of allylic oxidation sites excluding steroid dienone is 1. The molecule has 0 aromatic heterocycles. The first kappa shape index (κ1) is 9.52. The van der Waals surface area contributed by atoms with Gasteiger partial charge in [-0.1, -0.05) is 29.8 Å². The Morgan fingerprint density at radius 3 is 2.31 bits per heavy atom. The molecule has 0 bridgehead atoms. The highest BCUT2D eigenvalue weighted by molar-refractivity contribution is 5.93. The summed E-state index contributed by atoms with van der Waals surface area (Å²) in [5.41, 5.74) is 8.18. The maximum atomic E-state index is 10.6. The Morgan fingerprint density at radius 1 is 1.31 bits per heavy atom. The SMILES string of the molecule is CC(=CC(N)=O)c1ccc(C)cc1. The van der Waals surface area contributed by atoms with Gasteiger partial charge >= 0.3 is 0 Å². The van der Waals surface area contributed by atoms with Crippen LogP contribution in [0.4, 0.5) is 0 Å². The molecule has 68 valence electrons. The summed E-state index contributed by atoms with van der Waals surface area (Å²) in [4.78, 5) is 10.6. The van der Waals surface area contributed by atoms with Gasteiger partial charge in [-0.15, -0.1) is 0 Å². The lowest BCUT2D eigenvalue weighted by Gasteiger charge is -2.00. The van der Waals surface area contributed by atoms with E-state index in [2.05, 4.69) is 0 Å². The molecule has 0 unspecified atom stereocenters. The molecule has 0 aliphatic rings. The van der Waals surface area contributed by atoms with E-state index in [-0.39, 0.29) is 0 Å². The van der Waals surface area contributed by atoms with Gasteiger partial charge in [0.1, 0.15) is 0 Å². The number of aryl methyl sites for hydroxylation is 1. The van der Waals surface area contributed by atoms with Crippen molar-refractivity contribution in [2.45, 2.75) is 13.8 Å². The second-order valence-electron chi connectivity index (χ2n) is 3.10. The van der Waals surface area contributed by atoms with Crippen molar-refractivity contribution in [3.05, 3.63) is 41.5 Å². The van der Waals surface area contributed by atoms with Crippen molar-refractivity contribution in [2.75, 3.05) is 0 Å². The number of hydrogen-bond acceptors (Lipinski definition) is 1. The van der Waals surface area contributed by atoms with Crippen molar-refractivity contribution < 1.29 is 4.79 Å². The Labute approximate surface area is 78.1 Å². The van der Waals surface area contributed by atoms with Gasteiger partial charge in [-0.3, -0.25) is 4.79 Å². The molecule has 0 spiro atoms. The molecule has 0 aliphatic carbocycles. The standard InChI is InChI=1S/C11H13NO/c1-8-3-5-10(6-4-8)9(2)7-11(12)13/h3-7H,1-2H3,(H2,12,13). The summed E-state index contributed by atoms with van der Waals surface area (Å²) in [6.45, 7) is 3.90. The van der Waals surface area contributed by atoms with Crippen LogP contribution in [-0.4, -0.2) is 5.91 Å². The van der Waals surface area contributed by atoms with Crippen LogP contribution in [0.2, 0.25) is 0 Å². The van der Waals surface area contributed by atoms with E-state index in [9.17, 15) is 4.79 Å². The summed E-state index contributed by atoms with van der Waals surface area (Å²) in [6, 6.07) is 7.97. The van der Waals surface area contributed by atoms with E-state index in [1.165, 1.54) is 11.6 Å². The lowest BCUT2D eigenvalue weighted by molar-refractivity contribution is -0.113. The number of rotatable bonds is 2. The Bertz CT molecular complexity index is 336. The number of hydrogen-bond donors (Lipinski definition) is 1. The quantitative estimate of drug-likeness (QED) is 0.685. The molecule has 1 rings (SSSR count). The number of nitrogens with two attached hydrogens (primary N) is 1. The fourth-order valence-electron chi connectivity index (χ4n) is 1.11. The summed E-state index contributed by atoms with van der Waals surface area (Å²) in [5, 5.41) is 0. The number of benzene rings is 1. The third-order valence-corrected chi connectivity index (χ3v) is 1.87. The molecule has 1 amide bonds. The molecule has 0 aliphatic heterocycles. The Hall–Kier alpha value is -1.57. The van der Waals surface area contributed by atoms with Gasteiger partial charge in [-0.05, 0) is 25.0 Å². The zero-order valence-electron chi connectivity index (χ0n) is 7.87.